The lowest BCUT2D eigenvalue weighted by Gasteiger charge is -2.33. The molecule has 3 N–H and O–H groups in total. The van der Waals surface area contributed by atoms with Gasteiger partial charge in [-0.05, 0) is 48.8 Å². The maximum atomic E-state index is 11.3. The first-order valence-corrected chi connectivity index (χ1v) is 7.83. The summed E-state index contributed by atoms with van der Waals surface area (Å²) < 4.78 is 0. The van der Waals surface area contributed by atoms with Crippen molar-refractivity contribution in [3.63, 3.8) is 0 Å². The maximum Gasteiger partial charge on any atom is 0.331 e. The van der Waals surface area contributed by atoms with E-state index >= 15 is 0 Å². The highest BCUT2D eigenvalue weighted by Crippen LogP contribution is 2.46. The van der Waals surface area contributed by atoms with Gasteiger partial charge in [-0.25, -0.2) is 4.79 Å². The fourth-order valence-corrected chi connectivity index (χ4v) is 3.37. The largest absolute Gasteiger partial charge is 0.507 e. The molecular weight excluding hydrogens is 280 g/mol. The van der Waals surface area contributed by atoms with Gasteiger partial charge in [-0.15, -0.1) is 0 Å². The molecule has 0 fully saturated rings. The lowest BCUT2D eigenvalue weighted by Crippen LogP contribution is -2.23. The Balaban J connectivity index is 2.54. The van der Waals surface area contributed by atoms with Gasteiger partial charge < -0.3 is 15.3 Å². The molecule has 4 nitrogen and oxygen atoms in total. The molecule has 1 aliphatic rings. The van der Waals surface area contributed by atoms with E-state index in [2.05, 4.69) is 13.8 Å². The lowest BCUT2D eigenvalue weighted by molar-refractivity contribution is -0.133. The van der Waals surface area contributed by atoms with Crippen molar-refractivity contribution < 1.29 is 20.1 Å². The first-order valence-electron chi connectivity index (χ1n) is 7.83. The topological polar surface area (TPSA) is 77.8 Å². The molecule has 0 saturated heterocycles. The molecule has 0 heterocycles. The second-order valence-electron chi connectivity index (χ2n) is 6.37. The number of rotatable bonds is 4. The summed E-state index contributed by atoms with van der Waals surface area (Å²) in [4.78, 5) is 11.3. The van der Waals surface area contributed by atoms with Gasteiger partial charge >= 0.3 is 5.97 Å². The summed E-state index contributed by atoms with van der Waals surface area (Å²) in [7, 11) is 0. The Morgan fingerprint density at radius 3 is 2.32 bits per heavy atom. The summed E-state index contributed by atoms with van der Waals surface area (Å²) in [6, 6.07) is 3.32. The number of allylic oxidation sites excluding steroid dienone is 1. The molecule has 0 bridgehead atoms. The van der Waals surface area contributed by atoms with Gasteiger partial charge in [0, 0.05) is 17.1 Å². The van der Waals surface area contributed by atoms with Crippen molar-refractivity contribution in [2.75, 3.05) is 0 Å². The van der Waals surface area contributed by atoms with Crippen molar-refractivity contribution in [2.24, 2.45) is 11.8 Å². The van der Waals surface area contributed by atoms with Crippen molar-refractivity contribution in [2.45, 2.75) is 46.0 Å². The van der Waals surface area contributed by atoms with E-state index in [0.29, 0.717) is 23.5 Å². The Bertz CT molecular complexity index is 578. The number of carbonyl (C=O) groups is 1. The molecule has 0 saturated carbocycles. The second kappa shape index (κ2) is 6.42. The second-order valence-corrected chi connectivity index (χ2v) is 6.37. The van der Waals surface area contributed by atoms with Crippen molar-refractivity contribution in [3.8, 4) is 11.5 Å². The smallest absolute Gasteiger partial charge is 0.331 e. The molecule has 0 aromatic heterocycles. The van der Waals surface area contributed by atoms with E-state index in [9.17, 15) is 20.1 Å². The summed E-state index contributed by atoms with van der Waals surface area (Å²) in [5.41, 5.74) is 1.67. The van der Waals surface area contributed by atoms with Crippen LogP contribution in [0.15, 0.2) is 23.8 Å². The first kappa shape index (κ1) is 16.4. The Kier molecular flexibility index (Phi) is 4.79. The number of hydrogen-bond donors (Lipinski definition) is 3. The number of hydrogen-bond acceptors (Lipinski definition) is 3. The van der Waals surface area contributed by atoms with E-state index in [1.807, 2.05) is 6.92 Å². The average Bonchev–Trinajstić information content (AvgIpc) is 2.45. The molecule has 0 spiro atoms. The number of aliphatic carboxylic acids is 1. The number of carboxylic acid groups (broad SMARTS) is 1. The van der Waals surface area contributed by atoms with Crippen LogP contribution in [0.1, 0.15) is 50.7 Å². The molecular formula is C18H24O4. The minimum Gasteiger partial charge on any atom is -0.507 e. The van der Waals surface area contributed by atoms with Crippen LogP contribution in [0.4, 0.5) is 0 Å². The Labute approximate surface area is 131 Å². The van der Waals surface area contributed by atoms with Crippen LogP contribution in [0.3, 0.4) is 0 Å². The van der Waals surface area contributed by atoms with E-state index in [0.717, 1.165) is 18.4 Å². The van der Waals surface area contributed by atoms with Crippen LogP contribution in [-0.2, 0) is 11.2 Å². The van der Waals surface area contributed by atoms with Gasteiger partial charge in [0.1, 0.15) is 11.5 Å². The Morgan fingerprint density at radius 1 is 1.27 bits per heavy atom. The van der Waals surface area contributed by atoms with Crippen LogP contribution < -0.4 is 0 Å². The summed E-state index contributed by atoms with van der Waals surface area (Å²) in [5, 5.41) is 29.9. The van der Waals surface area contributed by atoms with Gasteiger partial charge in [0.15, 0.2) is 0 Å². The van der Waals surface area contributed by atoms with Gasteiger partial charge in [0.25, 0.3) is 0 Å². The van der Waals surface area contributed by atoms with Gasteiger partial charge in [-0.1, -0.05) is 26.8 Å². The molecule has 0 amide bonds. The molecule has 120 valence electrons. The van der Waals surface area contributed by atoms with Gasteiger partial charge in [-0.2, -0.15) is 0 Å². The predicted octanol–water partition coefficient (Wildman–Crippen LogP) is 3.82. The molecule has 2 rings (SSSR count). The normalized spacial score (nSPS) is 21.7. The van der Waals surface area contributed by atoms with Gasteiger partial charge in [-0.3, -0.25) is 0 Å². The Morgan fingerprint density at radius 2 is 1.86 bits per heavy atom. The van der Waals surface area contributed by atoms with E-state index in [-0.39, 0.29) is 23.3 Å². The molecule has 2 atom stereocenters. The molecule has 0 unspecified atom stereocenters. The van der Waals surface area contributed by atoms with Crippen molar-refractivity contribution in [1.82, 2.24) is 0 Å². The van der Waals surface area contributed by atoms with Crippen LogP contribution in [0, 0.1) is 11.8 Å². The van der Waals surface area contributed by atoms with Crippen LogP contribution in [0.25, 0.3) is 0 Å². The number of aryl methyl sites for hydroxylation is 1. The summed E-state index contributed by atoms with van der Waals surface area (Å²) in [6.07, 6.45) is 3.70. The number of benzene rings is 1. The first-order chi connectivity index (χ1) is 10.3. The molecule has 0 radical (unpaired) electrons. The van der Waals surface area contributed by atoms with E-state index in [1.165, 1.54) is 0 Å². The zero-order valence-corrected chi connectivity index (χ0v) is 13.3. The van der Waals surface area contributed by atoms with Crippen LogP contribution in [0.5, 0.6) is 11.5 Å². The molecule has 1 aromatic carbocycles. The van der Waals surface area contributed by atoms with E-state index < -0.39 is 5.97 Å². The monoisotopic (exact) mass is 304 g/mol. The van der Waals surface area contributed by atoms with Crippen LogP contribution in [-0.4, -0.2) is 21.3 Å². The van der Waals surface area contributed by atoms with Crippen molar-refractivity contribution in [3.05, 3.63) is 34.9 Å². The van der Waals surface area contributed by atoms with Crippen molar-refractivity contribution in [1.29, 1.82) is 0 Å². The molecule has 0 aliphatic heterocycles. The molecule has 4 heteroatoms. The average molecular weight is 304 g/mol. The molecule has 22 heavy (non-hydrogen) atoms. The minimum absolute atomic E-state index is 0.0513. The lowest BCUT2D eigenvalue weighted by atomic mass is 9.71. The van der Waals surface area contributed by atoms with E-state index in [4.69, 9.17) is 0 Å². The predicted molar refractivity (Wildman–Crippen MR) is 85.2 cm³/mol. The zero-order chi connectivity index (χ0) is 16.4. The third-order valence-corrected chi connectivity index (χ3v) is 4.66. The maximum absolute atomic E-state index is 11.3. The third-order valence-electron chi connectivity index (χ3n) is 4.66. The fourth-order valence-electron chi connectivity index (χ4n) is 3.37. The third kappa shape index (κ3) is 3.11. The highest BCUT2D eigenvalue weighted by molar-refractivity contribution is 5.87. The minimum atomic E-state index is -0.920. The number of phenols is 2. The SMILES string of the molecule is CCc1cc(O)c([C@@H]2C=C(C(=O)O)CC[C@H]2C(C)C)c(O)c1. The summed E-state index contributed by atoms with van der Waals surface area (Å²) >= 11 is 0. The summed E-state index contributed by atoms with van der Waals surface area (Å²) in [5.74, 6) is -0.554. The quantitative estimate of drug-likeness (QED) is 0.790. The Hall–Kier alpha value is -1.97. The number of phenolic OH excluding ortho intramolecular Hbond substituents is 2. The van der Waals surface area contributed by atoms with E-state index in [1.54, 1.807) is 18.2 Å². The van der Waals surface area contributed by atoms with Crippen LogP contribution in [0.2, 0.25) is 0 Å². The summed E-state index contributed by atoms with van der Waals surface area (Å²) in [6.45, 7) is 6.13. The highest BCUT2D eigenvalue weighted by Gasteiger charge is 2.33. The van der Waals surface area contributed by atoms with Crippen LogP contribution >= 0.6 is 0 Å². The van der Waals surface area contributed by atoms with Gasteiger partial charge in [0.2, 0.25) is 0 Å². The standard InChI is InChI=1S/C18H24O4/c1-4-11-7-15(19)17(16(20)8-11)14-9-12(18(21)22)5-6-13(14)10(2)3/h7-10,13-14,19-20H,4-6H2,1-3H3,(H,21,22)/t13-,14+/m0/s1. The fraction of sp³-hybridized carbons (Fsp3) is 0.500. The number of carboxylic acids is 1. The zero-order valence-electron chi connectivity index (χ0n) is 13.3. The van der Waals surface area contributed by atoms with Gasteiger partial charge in [0.05, 0.1) is 0 Å². The molecule has 1 aromatic rings. The van der Waals surface area contributed by atoms with Crippen molar-refractivity contribution >= 4 is 5.97 Å². The number of aromatic hydroxyl groups is 2. The highest BCUT2D eigenvalue weighted by atomic mass is 16.4. The molecule has 1 aliphatic carbocycles.